The molecule has 4 heteroatoms. The van der Waals surface area contributed by atoms with Crippen LogP contribution in [0.25, 0.3) is 21.9 Å². The lowest BCUT2D eigenvalue weighted by atomic mass is 10.1. The second-order valence-corrected chi connectivity index (χ2v) is 3.38. The molecule has 2 aromatic heterocycles. The zero-order chi connectivity index (χ0) is 10.4. The number of methoxy groups -OCH3 is 1. The highest BCUT2D eigenvalue weighted by Crippen LogP contribution is 2.36. The van der Waals surface area contributed by atoms with E-state index in [9.17, 15) is 0 Å². The van der Waals surface area contributed by atoms with Crippen LogP contribution in [0.15, 0.2) is 27.3 Å². The van der Waals surface area contributed by atoms with E-state index in [0.717, 1.165) is 27.8 Å². The number of aromatic nitrogens is 1. The first-order chi connectivity index (χ1) is 7.31. The molecule has 0 N–H and O–H groups in total. The highest BCUT2D eigenvalue weighted by molar-refractivity contribution is 6.02. The van der Waals surface area contributed by atoms with E-state index in [2.05, 4.69) is 5.16 Å². The van der Waals surface area contributed by atoms with Crippen molar-refractivity contribution in [2.75, 3.05) is 7.11 Å². The van der Waals surface area contributed by atoms with Gasteiger partial charge in [0.1, 0.15) is 11.3 Å². The third kappa shape index (κ3) is 0.986. The number of ether oxygens (including phenoxy) is 1. The molecule has 4 nitrogen and oxygen atoms in total. The number of benzene rings is 1. The Kier molecular flexibility index (Phi) is 1.54. The van der Waals surface area contributed by atoms with Crippen molar-refractivity contribution in [3.63, 3.8) is 0 Å². The molecule has 2 heterocycles. The van der Waals surface area contributed by atoms with Gasteiger partial charge in [-0.15, -0.1) is 0 Å². The Bertz CT molecular complexity index is 636. The summed E-state index contributed by atoms with van der Waals surface area (Å²) in [5.41, 5.74) is 2.26. The third-order valence-electron chi connectivity index (χ3n) is 2.52. The number of fused-ring (bicyclic) bond motifs is 2. The van der Waals surface area contributed by atoms with Crippen LogP contribution in [0, 0.1) is 6.92 Å². The molecule has 0 atom stereocenters. The Morgan fingerprint density at radius 3 is 3.00 bits per heavy atom. The number of rotatable bonds is 1. The molecule has 0 aliphatic carbocycles. The van der Waals surface area contributed by atoms with Gasteiger partial charge < -0.3 is 13.7 Å². The van der Waals surface area contributed by atoms with E-state index in [-0.39, 0.29) is 0 Å². The molecule has 3 aromatic rings. The predicted octanol–water partition coefficient (Wildman–Crippen LogP) is 2.89. The van der Waals surface area contributed by atoms with Gasteiger partial charge in [0.25, 0.3) is 0 Å². The van der Waals surface area contributed by atoms with Crippen LogP contribution in [0.5, 0.6) is 5.75 Å². The van der Waals surface area contributed by atoms with Crippen LogP contribution in [-0.2, 0) is 0 Å². The molecule has 76 valence electrons. The fourth-order valence-electron chi connectivity index (χ4n) is 1.85. The van der Waals surface area contributed by atoms with Crippen LogP contribution in [0.1, 0.15) is 5.69 Å². The summed E-state index contributed by atoms with van der Waals surface area (Å²) in [5.74, 6) is 0.759. The first-order valence-corrected chi connectivity index (χ1v) is 4.61. The van der Waals surface area contributed by atoms with E-state index in [4.69, 9.17) is 13.7 Å². The third-order valence-corrected chi connectivity index (χ3v) is 2.52. The summed E-state index contributed by atoms with van der Waals surface area (Å²) in [6.07, 6.45) is 1.63. The summed E-state index contributed by atoms with van der Waals surface area (Å²) >= 11 is 0. The van der Waals surface area contributed by atoms with Crippen LogP contribution in [-0.4, -0.2) is 12.3 Å². The summed E-state index contributed by atoms with van der Waals surface area (Å²) in [6.45, 7) is 1.89. The molecule has 0 saturated heterocycles. The number of aryl methyl sites for hydroxylation is 1. The van der Waals surface area contributed by atoms with Crippen molar-refractivity contribution < 1.29 is 13.7 Å². The first-order valence-electron chi connectivity index (χ1n) is 4.61. The number of furan rings is 1. The summed E-state index contributed by atoms with van der Waals surface area (Å²) in [5, 5.41) is 5.76. The molecule has 0 radical (unpaired) electrons. The predicted molar refractivity (Wildman–Crippen MR) is 55.1 cm³/mol. The van der Waals surface area contributed by atoms with Crippen molar-refractivity contribution in [2.24, 2.45) is 0 Å². The molecule has 0 spiro atoms. The molecule has 0 bridgehead atoms. The van der Waals surface area contributed by atoms with Gasteiger partial charge >= 0.3 is 0 Å². The normalized spacial score (nSPS) is 11.3. The van der Waals surface area contributed by atoms with Gasteiger partial charge in [0.2, 0.25) is 0 Å². The van der Waals surface area contributed by atoms with Crippen molar-refractivity contribution in [1.29, 1.82) is 0 Å². The molecule has 0 amide bonds. The highest BCUT2D eigenvalue weighted by atomic mass is 16.5. The lowest BCUT2D eigenvalue weighted by Crippen LogP contribution is -1.85. The second kappa shape index (κ2) is 2.76. The standard InChI is InChI=1S/C11H9NO3/c1-6-10-9(15-12-6)5-8-7(3-4-14-8)11(10)13-2/h3-5H,1-2H3. The summed E-state index contributed by atoms with van der Waals surface area (Å²) in [4.78, 5) is 0. The van der Waals surface area contributed by atoms with Gasteiger partial charge in [-0.05, 0) is 13.0 Å². The Hall–Kier alpha value is -1.97. The molecule has 0 saturated carbocycles. The van der Waals surface area contributed by atoms with Crippen LogP contribution in [0.4, 0.5) is 0 Å². The average molecular weight is 203 g/mol. The molecule has 15 heavy (non-hydrogen) atoms. The minimum absolute atomic E-state index is 0.687. The Balaban J connectivity index is 2.60. The largest absolute Gasteiger partial charge is 0.495 e. The van der Waals surface area contributed by atoms with Gasteiger partial charge in [0, 0.05) is 6.07 Å². The van der Waals surface area contributed by atoms with E-state index in [1.165, 1.54) is 0 Å². The maximum atomic E-state index is 5.38. The highest BCUT2D eigenvalue weighted by Gasteiger charge is 2.15. The van der Waals surface area contributed by atoms with Gasteiger partial charge in [-0.1, -0.05) is 5.16 Å². The Morgan fingerprint density at radius 2 is 2.20 bits per heavy atom. The summed E-state index contributed by atoms with van der Waals surface area (Å²) in [7, 11) is 1.63. The van der Waals surface area contributed by atoms with Gasteiger partial charge in [0.15, 0.2) is 5.58 Å². The molecule has 0 unspecified atom stereocenters. The van der Waals surface area contributed by atoms with Crippen molar-refractivity contribution in [3.8, 4) is 5.75 Å². The van der Waals surface area contributed by atoms with Crippen LogP contribution < -0.4 is 4.74 Å². The smallest absolute Gasteiger partial charge is 0.174 e. The van der Waals surface area contributed by atoms with Crippen LogP contribution >= 0.6 is 0 Å². The van der Waals surface area contributed by atoms with Crippen molar-refractivity contribution in [1.82, 2.24) is 5.16 Å². The van der Waals surface area contributed by atoms with Crippen molar-refractivity contribution in [3.05, 3.63) is 24.1 Å². The minimum Gasteiger partial charge on any atom is -0.495 e. The van der Waals surface area contributed by atoms with Gasteiger partial charge in [-0.2, -0.15) is 0 Å². The number of nitrogens with zero attached hydrogens (tertiary/aromatic N) is 1. The lowest BCUT2D eigenvalue weighted by Gasteiger charge is -2.02. The van der Waals surface area contributed by atoms with Crippen molar-refractivity contribution >= 4 is 21.9 Å². The maximum absolute atomic E-state index is 5.38. The molecular weight excluding hydrogens is 194 g/mol. The van der Waals surface area contributed by atoms with Gasteiger partial charge in [0.05, 0.1) is 29.8 Å². The lowest BCUT2D eigenvalue weighted by molar-refractivity contribution is 0.424. The van der Waals surface area contributed by atoms with Gasteiger partial charge in [-0.25, -0.2) is 0 Å². The molecule has 3 rings (SSSR count). The van der Waals surface area contributed by atoms with Gasteiger partial charge in [-0.3, -0.25) is 0 Å². The average Bonchev–Trinajstić information content (AvgIpc) is 2.83. The second-order valence-electron chi connectivity index (χ2n) is 3.38. The zero-order valence-corrected chi connectivity index (χ0v) is 8.40. The SMILES string of the molecule is COc1c2ccoc2cc2onc(C)c12. The van der Waals surface area contributed by atoms with Crippen LogP contribution in [0.3, 0.4) is 0 Å². The summed E-state index contributed by atoms with van der Waals surface area (Å²) < 4.78 is 15.9. The quantitative estimate of drug-likeness (QED) is 0.610. The van der Waals surface area contributed by atoms with E-state index in [1.54, 1.807) is 13.4 Å². The Labute approximate surface area is 85.4 Å². The van der Waals surface area contributed by atoms with Crippen LogP contribution in [0.2, 0.25) is 0 Å². The number of hydrogen-bond acceptors (Lipinski definition) is 4. The Morgan fingerprint density at radius 1 is 1.33 bits per heavy atom. The van der Waals surface area contributed by atoms with E-state index in [0.29, 0.717) is 5.58 Å². The van der Waals surface area contributed by atoms with E-state index >= 15 is 0 Å². The van der Waals surface area contributed by atoms with E-state index < -0.39 is 0 Å². The molecule has 0 fully saturated rings. The minimum atomic E-state index is 0.687. The first kappa shape index (κ1) is 8.35. The number of hydrogen-bond donors (Lipinski definition) is 0. The van der Waals surface area contributed by atoms with Crippen molar-refractivity contribution in [2.45, 2.75) is 6.92 Å². The fraction of sp³-hybridized carbons (Fsp3) is 0.182. The molecular formula is C11H9NO3. The molecule has 0 aliphatic rings. The maximum Gasteiger partial charge on any atom is 0.174 e. The summed E-state index contributed by atoms with van der Waals surface area (Å²) in [6, 6.07) is 3.70. The fourth-order valence-corrected chi connectivity index (χ4v) is 1.85. The zero-order valence-electron chi connectivity index (χ0n) is 8.40. The monoisotopic (exact) mass is 203 g/mol. The molecule has 0 aliphatic heterocycles. The van der Waals surface area contributed by atoms with E-state index in [1.807, 2.05) is 19.1 Å². The molecule has 1 aromatic carbocycles. The topological polar surface area (TPSA) is 48.4 Å².